The Labute approximate surface area is 135 Å². The highest BCUT2D eigenvalue weighted by atomic mass is 16.5. The number of benzene rings is 1. The van der Waals surface area contributed by atoms with E-state index in [0.29, 0.717) is 35.9 Å². The van der Waals surface area contributed by atoms with E-state index in [0.717, 1.165) is 6.42 Å². The Kier molecular flexibility index (Phi) is 3.93. The molecule has 0 aliphatic carbocycles. The van der Waals surface area contributed by atoms with E-state index in [2.05, 4.69) is 10.1 Å². The van der Waals surface area contributed by atoms with Gasteiger partial charge in [-0.3, -0.25) is 4.79 Å². The zero-order valence-electron chi connectivity index (χ0n) is 13.7. The molecule has 1 aliphatic heterocycles. The quantitative estimate of drug-likeness (QED) is 0.918. The summed E-state index contributed by atoms with van der Waals surface area (Å²) in [4.78, 5) is 19.0. The van der Waals surface area contributed by atoms with Crippen LogP contribution in [0.5, 0.6) is 0 Å². The molecule has 0 radical (unpaired) electrons. The SMILES string of the molecule is CC(C)(C)c1noc(-c2ccccc2C(=O)N2CC[C@@H](N)C2)n1. The van der Waals surface area contributed by atoms with Crippen LogP contribution >= 0.6 is 0 Å². The lowest BCUT2D eigenvalue weighted by molar-refractivity contribution is 0.0791. The molecule has 2 aromatic rings. The van der Waals surface area contributed by atoms with Crippen LogP contribution in [0.2, 0.25) is 0 Å². The fourth-order valence-corrected chi connectivity index (χ4v) is 2.64. The van der Waals surface area contributed by atoms with E-state index in [-0.39, 0.29) is 17.4 Å². The normalized spacial score (nSPS) is 18.4. The third-order valence-electron chi connectivity index (χ3n) is 4.00. The van der Waals surface area contributed by atoms with Crippen LogP contribution < -0.4 is 5.73 Å². The molecule has 122 valence electrons. The number of nitrogens with zero attached hydrogens (tertiary/aromatic N) is 3. The molecule has 0 unspecified atom stereocenters. The monoisotopic (exact) mass is 314 g/mol. The van der Waals surface area contributed by atoms with Crippen LogP contribution in [0.1, 0.15) is 43.4 Å². The maximum atomic E-state index is 12.8. The van der Waals surface area contributed by atoms with Crippen molar-refractivity contribution in [3.63, 3.8) is 0 Å². The van der Waals surface area contributed by atoms with Crippen molar-refractivity contribution in [1.29, 1.82) is 0 Å². The number of carbonyl (C=O) groups excluding carboxylic acids is 1. The Hall–Kier alpha value is -2.21. The van der Waals surface area contributed by atoms with Crippen molar-refractivity contribution >= 4 is 5.91 Å². The Bertz CT molecular complexity index is 717. The first-order valence-corrected chi connectivity index (χ1v) is 7.84. The van der Waals surface area contributed by atoms with Crippen LogP contribution in [0.3, 0.4) is 0 Å². The molecule has 0 spiro atoms. The number of amides is 1. The molecule has 1 aromatic heterocycles. The average Bonchev–Trinajstić information content (AvgIpc) is 3.15. The van der Waals surface area contributed by atoms with Gasteiger partial charge in [0, 0.05) is 24.5 Å². The molecule has 1 aromatic carbocycles. The number of rotatable bonds is 2. The van der Waals surface area contributed by atoms with E-state index in [1.165, 1.54) is 0 Å². The summed E-state index contributed by atoms with van der Waals surface area (Å²) in [5, 5.41) is 4.04. The van der Waals surface area contributed by atoms with Crippen LogP contribution in [-0.4, -0.2) is 40.1 Å². The molecule has 1 aliphatic rings. The molecule has 3 rings (SSSR count). The number of carbonyl (C=O) groups is 1. The predicted molar refractivity (Wildman–Crippen MR) is 86.9 cm³/mol. The Balaban J connectivity index is 1.95. The zero-order chi connectivity index (χ0) is 16.6. The van der Waals surface area contributed by atoms with Gasteiger partial charge < -0.3 is 15.2 Å². The summed E-state index contributed by atoms with van der Waals surface area (Å²) < 4.78 is 5.40. The van der Waals surface area contributed by atoms with E-state index >= 15 is 0 Å². The molecular formula is C17H22N4O2. The third kappa shape index (κ3) is 3.12. The maximum absolute atomic E-state index is 12.8. The summed E-state index contributed by atoms with van der Waals surface area (Å²) in [5.41, 5.74) is 6.94. The molecule has 0 saturated carbocycles. The largest absolute Gasteiger partial charge is 0.337 e. The lowest BCUT2D eigenvalue weighted by atomic mass is 9.96. The van der Waals surface area contributed by atoms with E-state index in [1.54, 1.807) is 11.0 Å². The summed E-state index contributed by atoms with van der Waals surface area (Å²) >= 11 is 0. The Morgan fingerprint density at radius 1 is 1.35 bits per heavy atom. The summed E-state index contributed by atoms with van der Waals surface area (Å²) in [5.74, 6) is 0.962. The fourth-order valence-electron chi connectivity index (χ4n) is 2.64. The highest BCUT2D eigenvalue weighted by Gasteiger charge is 2.28. The topological polar surface area (TPSA) is 85.2 Å². The van der Waals surface area contributed by atoms with Crippen LogP contribution in [-0.2, 0) is 5.41 Å². The predicted octanol–water partition coefficient (Wildman–Crippen LogP) is 2.21. The van der Waals surface area contributed by atoms with Gasteiger partial charge in [0.05, 0.1) is 11.1 Å². The number of nitrogens with two attached hydrogens (primary N) is 1. The molecule has 1 atom stereocenters. The number of likely N-dealkylation sites (tertiary alicyclic amines) is 1. The molecule has 2 heterocycles. The molecule has 2 N–H and O–H groups in total. The van der Waals surface area contributed by atoms with Crippen molar-refractivity contribution in [3.8, 4) is 11.5 Å². The van der Waals surface area contributed by atoms with Crippen molar-refractivity contribution in [2.24, 2.45) is 5.73 Å². The molecule has 6 heteroatoms. The van der Waals surface area contributed by atoms with Gasteiger partial charge >= 0.3 is 0 Å². The van der Waals surface area contributed by atoms with Gasteiger partial charge in [-0.05, 0) is 18.6 Å². The highest BCUT2D eigenvalue weighted by molar-refractivity contribution is 6.00. The first-order valence-electron chi connectivity index (χ1n) is 7.84. The summed E-state index contributed by atoms with van der Waals surface area (Å²) in [6.45, 7) is 7.33. The first-order chi connectivity index (χ1) is 10.9. The van der Waals surface area contributed by atoms with Gasteiger partial charge in [-0.2, -0.15) is 4.98 Å². The lowest BCUT2D eigenvalue weighted by Crippen LogP contribution is -2.32. The standard InChI is InChI=1S/C17H22N4O2/c1-17(2,3)16-19-14(23-20-16)12-6-4-5-7-13(12)15(22)21-9-8-11(18)10-21/h4-7,11H,8-10,18H2,1-3H3/t11-/m1/s1. The summed E-state index contributed by atoms with van der Waals surface area (Å²) in [7, 11) is 0. The molecule has 0 bridgehead atoms. The second-order valence-corrected chi connectivity index (χ2v) is 7.02. The molecule has 23 heavy (non-hydrogen) atoms. The minimum absolute atomic E-state index is 0.0379. The molecule has 1 saturated heterocycles. The molecule has 1 fully saturated rings. The van der Waals surface area contributed by atoms with Gasteiger partial charge in [-0.25, -0.2) is 0 Å². The van der Waals surface area contributed by atoms with Crippen molar-refractivity contribution in [1.82, 2.24) is 15.0 Å². The van der Waals surface area contributed by atoms with Crippen LogP contribution in [0, 0.1) is 0 Å². The second-order valence-electron chi connectivity index (χ2n) is 7.02. The van der Waals surface area contributed by atoms with Crippen LogP contribution in [0.15, 0.2) is 28.8 Å². The van der Waals surface area contributed by atoms with Gasteiger partial charge in [0.2, 0.25) is 0 Å². The van der Waals surface area contributed by atoms with Crippen LogP contribution in [0.4, 0.5) is 0 Å². The van der Waals surface area contributed by atoms with Gasteiger partial charge in [-0.1, -0.05) is 38.1 Å². The zero-order valence-corrected chi connectivity index (χ0v) is 13.7. The number of hydrogen-bond donors (Lipinski definition) is 1. The first kappa shape index (κ1) is 15.7. The smallest absolute Gasteiger partial charge is 0.258 e. The van der Waals surface area contributed by atoms with Crippen molar-refractivity contribution in [3.05, 3.63) is 35.7 Å². The van der Waals surface area contributed by atoms with Gasteiger partial charge in [0.25, 0.3) is 11.8 Å². The Morgan fingerprint density at radius 2 is 2.09 bits per heavy atom. The summed E-state index contributed by atoms with van der Waals surface area (Å²) in [6.07, 6.45) is 0.836. The number of aromatic nitrogens is 2. The minimum Gasteiger partial charge on any atom is -0.337 e. The van der Waals surface area contributed by atoms with E-state index < -0.39 is 0 Å². The minimum atomic E-state index is -0.206. The summed E-state index contributed by atoms with van der Waals surface area (Å²) in [6, 6.07) is 7.39. The second kappa shape index (κ2) is 5.77. The van der Waals surface area contributed by atoms with Crippen molar-refractivity contribution < 1.29 is 9.32 Å². The van der Waals surface area contributed by atoms with E-state index in [4.69, 9.17) is 10.3 Å². The lowest BCUT2D eigenvalue weighted by Gasteiger charge is -2.17. The number of hydrogen-bond acceptors (Lipinski definition) is 5. The van der Waals surface area contributed by atoms with Gasteiger partial charge in [0.15, 0.2) is 5.82 Å². The molecule has 6 nitrogen and oxygen atoms in total. The van der Waals surface area contributed by atoms with Crippen LogP contribution in [0.25, 0.3) is 11.5 Å². The Morgan fingerprint density at radius 3 is 2.70 bits per heavy atom. The highest BCUT2D eigenvalue weighted by Crippen LogP contribution is 2.27. The third-order valence-corrected chi connectivity index (χ3v) is 4.00. The van der Waals surface area contributed by atoms with Crippen molar-refractivity contribution in [2.75, 3.05) is 13.1 Å². The van der Waals surface area contributed by atoms with E-state index in [9.17, 15) is 4.79 Å². The van der Waals surface area contributed by atoms with Crippen molar-refractivity contribution in [2.45, 2.75) is 38.6 Å². The molecule has 1 amide bonds. The van der Waals surface area contributed by atoms with Gasteiger partial charge in [0.1, 0.15) is 0 Å². The van der Waals surface area contributed by atoms with Gasteiger partial charge in [-0.15, -0.1) is 0 Å². The maximum Gasteiger partial charge on any atom is 0.258 e. The fraction of sp³-hybridized carbons (Fsp3) is 0.471. The average molecular weight is 314 g/mol. The van der Waals surface area contributed by atoms with E-state index in [1.807, 2.05) is 39.0 Å². The molecular weight excluding hydrogens is 292 g/mol.